The van der Waals surface area contributed by atoms with Crippen molar-refractivity contribution in [3.63, 3.8) is 0 Å². The van der Waals surface area contributed by atoms with Gasteiger partial charge in [0.05, 0.1) is 6.54 Å². The predicted octanol–water partition coefficient (Wildman–Crippen LogP) is 1.55. The first-order valence-corrected chi connectivity index (χ1v) is 8.39. The van der Waals surface area contributed by atoms with Gasteiger partial charge in [0, 0.05) is 24.2 Å². The Morgan fingerprint density at radius 2 is 2.08 bits per heavy atom. The summed E-state index contributed by atoms with van der Waals surface area (Å²) in [4.78, 5) is 5.91. The Labute approximate surface area is 157 Å². The second-order valence-corrected chi connectivity index (χ2v) is 6.65. The van der Waals surface area contributed by atoms with Crippen LogP contribution in [0.15, 0.2) is 30.9 Å². The Hall–Kier alpha value is -1.61. The molecule has 1 aromatic carbocycles. The van der Waals surface area contributed by atoms with E-state index in [2.05, 4.69) is 15.4 Å². The molecule has 0 bridgehead atoms. The fraction of sp³-hybridized carbons (Fsp3) is 0.529. The summed E-state index contributed by atoms with van der Waals surface area (Å²) in [6.07, 6.45) is 4.75. The van der Waals surface area contributed by atoms with Gasteiger partial charge in [0.25, 0.3) is 0 Å². The van der Waals surface area contributed by atoms with Crippen molar-refractivity contribution in [2.75, 3.05) is 26.7 Å². The number of likely N-dealkylation sites (N-methyl/N-ethyl adjacent to an activating group) is 1. The molecule has 1 fully saturated rings. The molecule has 1 aromatic heterocycles. The molecule has 144 valence electrons. The molecule has 26 heavy (non-hydrogen) atoms. The van der Waals surface area contributed by atoms with Crippen LogP contribution in [-0.2, 0) is 12.1 Å². The Kier molecular flexibility index (Phi) is 7.05. The third kappa shape index (κ3) is 4.76. The zero-order chi connectivity index (χ0) is 17.9. The van der Waals surface area contributed by atoms with Crippen LogP contribution in [0.4, 0.5) is 8.78 Å². The number of hydrogen-bond acceptors (Lipinski definition) is 5. The van der Waals surface area contributed by atoms with Gasteiger partial charge < -0.3 is 15.3 Å². The minimum atomic E-state index is -1.55. The summed E-state index contributed by atoms with van der Waals surface area (Å²) < 4.78 is 29.2. The number of hydrogen-bond donors (Lipinski definition) is 2. The molecule has 0 aliphatic carbocycles. The van der Waals surface area contributed by atoms with Crippen LogP contribution in [0.25, 0.3) is 0 Å². The van der Waals surface area contributed by atoms with Gasteiger partial charge in [0.2, 0.25) is 0 Å². The van der Waals surface area contributed by atoms with Crippen molar-refractivity contribution in [3.05, 3.63) is 48.1 Å². The molecule has 1 aliphatic heterocycles. The highest BCUT2D eigenvalue weighted by molar-refractivity contribution is 5.85. The van der Waals surface area contributed by atoms with Crippen molar-refractivity contribution in [2.24, 2.45) is 0 Å². The topological polar surface area (TPSA) is 66.2 Å². The normalized spacial score (nSPS) is 17.7. The van der Waals surface area contributed by atoms with Crippen molar-refractivity contribution in [3.8, 4) is 0 Å². The van der Waals surface area contributed by atoms with Crippen LogP contribution in [0, 0.1) is 11.6 Å². The Bertz CT molecular complexity index is 696. The van der Waals surface area contributed by atoms with Gasteiger partial charge in [0.1, 0.15) is 29.9 Å². The standard InChI is InChI=1S/C17H23F2N5O.ClH/c1-23(14-4-6-20-7-5-14)9-17(25,10-24-12-21-11-22-24)15-3-2-13(18)8-16(15)19;/h2-3,8,11-12,14,20,25H,4-7,9-10H2,1H3;1H. The van der Waals surface area contributed by atoms with E-state index in [1.807, 2.05) is 11.9 Å². The average Bonchev–Trinajstić information content (AvgIpc) is 3.08. The van der Waals surface area contributed by atoms with E-state index < -0.39 is 17.2 Å². The van der Waals surface area contributed by atoms with E-state index in [1.54, 1.807) is 0 Å². The smallest absolute Gasteiger partial charge is 0.137 e. The van der Waals surface area contributed by atoms with Gasteiger partial charge in [-0.1, -0.05) is 6.07 Å². The summed E-state index contributed by atoms with van der Waals surface area (Å²) in [6, 6.07) is 3.56. The number of nitrogens with zero attached hydrogens (tertiary/aromatic N) is 4. The summed E-state index contributed by atoms with van der Waals surface area (Å²) >= 11 is 0. The van der Waals surface area contributed by atoms with Crippen LogP contribution < -0.4 is 5.32 Å². The maximum atomic E-state index is 14.4. The molecule has 1 unspecified atom stereocenters. The van der Waals surface area contributed by atoms with Crippen molar-refractivity contribution in [1.29, 1.82) is 0 Å². The third-order valence-corrected chi connectivity index (χ3v) is 4.77. The maximum absolute atomic E-state index is 14.4. The van der Waals surface area contributed by atoms with Crippen LogP contribution in [-0.4, -0.2) is 57.5 Å². The summed E-state index contributed by atoms with van der Waals surface area (Å²) in [7, 11) is 1.92. The minimum absolute atomic E-state index is 0. The van der Waals surface area contributed by atoms with Gasteiger partial charge in [-0.05, 0) is 39.0 Å². The Balaban J connectivity index is 0.00000243. The fourth-order valence-electron chi connectivity index (χ4n) is 3.46. The summed E-state index contributed by atoms with van der Waals surface area (Å²) in [5, 5.41) is 18.6. The second kappa shape index (κ2) is 8.85. The van der Waals surface area contributed by atoms with Crippen molar-refractivity contribution in [1.82, 2.24) is 25.0 Å². The number of nitrogens with one attached hydrogen (secondary N) is 1. The molecule has 2 heterocycles. The summed E-state index contributed by atoms with van der Waals surface area (Å²) in [5.74, 6) is -1.43. The number of piperidine rings is 1. The van der Waals surface area contributed by atoms with Crippen molar-refractivity contribution >= 4 is 12.4 Å². The molecule has 9 heteroatoms. The van der Waals surface area contributed by atoms with E-state index in [1.165, 1.54) is 23.4 Å². The van der Waals surface area contributed by atoms with E-state index in [9.17, 15) is 13.9 Å². The first kappa shape index (κ1) is 20.7. The Morgan fingerprint density at radius 1 is 1.35 bits per heavy atom. The van der Waals surface area contributed by atoms with Crippen LogP contribution >= 0.6 is 12.4 Å². The maximum Gasteiger partial charge on any atom is 0.137 e. The predicted molar refractivity (Wildman–Crippen MR) is 96.0 cm³/mol. The average molecular weight is 388 g/mol. The highest BCUT2D eigenvalue weighted by Crippen LogP contribution is 2.28. The van der Waals surface area contributed by atoms with Gasteiger partial charge in [-0.3, -0.25) is 0 Å². The lowest BCUT2D eigenvalue weighted by Gasteiger charge is -2.38. The van der Waals surface area contributed by atoms with E-state index >= 15 is 0 Å². The zero-order valence-corrected chi connectivity index (χ0v) is 15.4. The van der Waals surface area contributed by atoms with E-state index in [4.69, 9.17) is 0 Å². The van der Waals surface area contributed by atoms with Gasteiger partial charge in [-0.2, -0.15) is 5.10 Å². The molecule has 1 saturated heterocycles. The van der Waals surface area contributed by atoms with Gasteiger partial charge in [-0.15, -0.1) is 12.4 Å². The van der Waals surface area contributed by atoms with Crippen LogP contribution in [0.5, 0.6) is 0 Å². The summed E-state index contributed by atoms with van der Waals surface area (Å²) in [5.41, 5.74) is -1.49. The van der Waals surface area contributed by atoms with E-state index in [-0.39, 0.29) is 31.1 Å². The molecular formula is C17H24ClF2N5O. The lowest BCUT2D eigenvalue weighted by Crippen LogP contribution is -2.49. The molecule has 0 radical (unpaired) electrons. The summed E-state index contributed by atoms with van der Waals surface area (Å²) in [6.45, 7) is 2.08. The molecule has 2 N–H and O–H groups in total. The monoisotopic (exact) mass is 387 g/mol. The number of aliphatic hydroxyl groups is 1. The number of aromatic nitrogens is 3. The van der Waals surface area contributed by atoms with Crippen molar-refractivity contribution < 1.29 is 13.9 Å². The first-order valence-electron chi connectivity index (χ1n) is 8.39. The SMILES string of the molecule is CN(CC(O)(Cn1cncn1)c1ccc(F)cc1F)C1CCNCC1.Cl. The highest BCUT2D eigenvalue weighted by Gasteiger charge is 2.36. The largest absolute Gasteiger partial charge is 0.382 e. The highest BCUT2D eigenvalue weighted by atomic mass is 35.5. The van der Waals surface area contributed by atoms with Crippen LogP contribution in [0.2, 0.25) is 0 Å². The quantitative estimate of drug-likeness (QED) is 0.787. The third-order valence-electron chi connectivity index (χ3n) is 4.77. The molecule has 2 aromatic rings. The molecule has 0 amide bonds. The van der Waals surface area contributed by atoms with E-state index in [0.29, 0.717) is 6.04 Å². The molecule has 0 saturated carbocycles. The van der Waals surface area contributed by atoms with Gasteiger partial charge in [-0.25, -0.2) is 18.4 Å². The number of halogens is 3. The number of rotatable bonds is 6. The molecular weight excluding hydrogens is 364 g/mol. The zero-order valence-electron chi connectivity index (χ0n) is 14.6. The number of benzene rings is 1. The Morgan fingerprint density at radius 3 is 2.69 bits per heavy atom. The van der Waals surface area contributed by atoms with Gasteiger partial charge >= 0.3 is 0 Å². The minimum Gasteiger partial charge on any atom is -0.382 e. The molecule has 1 atom stereocenters. The fourth-order valence-corrected chi connectivity index (χ4v) is 3.46. The van der Waals surface area contributed by atoms with Crippen molar-refractivity contribution in [2.45, 2.75) is 31.0 Å². The first-order chi connectivity index (χ1) is 12.0. The molecule has 6 nitrogen and oxygen atoms in total. The lowest BCUT2D eigenvalue weighted by molar-refractivity contribution is -0.0276. The second-order valence-electron chi connectivity index (χ2n) is 6.65. The molecule has 1 aliphatic rings. The van der Waals surface area contributed by atoms with Gasteiger partial charge in [0.15, 0.2) is 0 Å². The van der Waals surface area contributed by atoms with Crippen LogP contribution in [0.3, 0.4) is 0 Å². The molecule has 3 rings (SSSR count). The van der Waals surface area contributed by atoms with E-state index in [0.717, 1.165) is 38.1 Å². The molecule has 0 spiro atoms. The lowest BCUT2D eigenvalue weighted by atomic mass is 9.91. The van der Waals surface area contributed by atoms with Crippen LogP contribution in [0.1, 0.15) is 18.4 Å².